The number of hydrogen-bond donors (Lipinski definition) is 0. The first-order valence-electron chi connectivity index (χ1n) is 5.14. The smallest absolute Gasteiger partial charge is 0.223 e. The van der Waals surface area contributed by atoms with Crippen LogP contribution in [0.5, 0.6) is 0 Å². The summed E-state index contributed by atoms with van der Waals surface area (Å²) in [5, 5.41) is 12.2. The highest BCUT2D eigenvalue weighted by atomic mass is 35.5. The Morgan fingerprint density at radius 3 is 2.74 bits per heavy atom. The van der Waals surface area contributed by atoms with Gasteiger partial charge in [0.25, 0.3) is 0 Å². The minimum absolute atomic E-state index is 0.000679. The Hall–Kier alpha value is -1.91. The second kappa shape index (κ2) is 4.99. The highest BCUT2D eigenvalue weighted by Gasteiger charge is 2.21. The van der Waals surface area contributed by atoms with Crippen molar-refractivity contribution in [1.29, 1.82) is 5.26 Å². The average molecular weight is 298 g/mol. The van der Waals surface area contributed by atoms with Crippen LogP contribution in [0, 0.1) is 18.3 Å². The van der Waals surface area contributed by atoms with E-state index < -0.39 is 15.6 Å². The van der Waals surface area contributed by atoms with Crippen LogP contribution in [0.15, 0.2) is 27.6 Å². The highest BCUT2D eigenvalue weighted by Crippen LogP contribution is 2.25. The van der Waals surface area contributed by atoms with E-state index in [1.54, 1.807) is 6.92 Å². The van der Waals surface area contributed by atoms with Crippen LogP contribution in [0.25, 0.3) is 0 Å². The van der Waals surface area contributed by atoms with Crippen molar-refractivity contribution >= 4 is 21.4 Å². The lowest BCUT2D eigenvalue weighted by molar-refractivity contribution is 0.388. The lowest BCUT2D eigenvalue weighted by Gasteiger charge is -2.04. The van der Waals surface area contributed by atoms with Crippen LogP contribution in [-0.4, -0.2) is 18.6 Å². The summed E-state index contributed by atoms with van der Waals surface area (Å²) in [6, 6.07) is 5.87. The van der Waals surface area contributed by atoms with E-state index in [-0.39, 0.29) is 21.6 Å². The molecule has 0 radical (unpaired) electrons. The van der Waals surface area contributed by atoms with Crippen molar-refractivity contribution in [2.24, 2.45) is 0 Å². The van der Waals surface area contributed by atoms with Gasteiger partial charge < -0.3 is 4.52 Å². The number of halogens is 1. The molecule has 0 aliphatic heterocycles. The third kappa shape index (κ3) is 2.92. The monoisotopic (exact) mass is 297 g/mol. The first-order valence-corrected chi connectivity index (χ1v) is 7.17. The summed E-state index contributed by atoms with van der Waals surface area (Å²) >= 11 is 5.87. The Morgan fingerprint density at radius 1 is 1.47 bits per heavy atom. The van der Waals surface area contributed by atoms with Gasteiger partial charge in [0.15, 0.2) is 15.7 Å². The quantitative estimate of drug-likeness (QED) is 0.858. The molecule has 0 aliphatic carbocycles. The zero-order valence-electron chi connectivity index (χ0n) is 9.79. The maximum atomic E-state index is 12.1. The minimum atomic E-state index is -3.68. The Labute approximate surface area is 114 Å². The van der Waals surface area contributed by atoms with Gasteiger partial charge in [-0.3, -0.25) is 0 Å². The molecule has 19 heavy (non-hydrogen) atoms. The summed E-state index contributed by atoms with van der Waals surface area (Å²) in [5.74, 6) is -0.0512. The molecule has 1 aromatic carbocycles. The van der Waals surface area contributed by atoms with Gasteiger partial charge in [-0.2, -0.15) is 10.2 Å². The molecule has 0 fully saturated rings. The number of rotatable bonds is 3. The summed E-state index contributed by atoms with van der Waals surface area (Å²) in [4.78, 5) is 3.77. The van der Waals surface area contributed by atoms with Gasteiger partial charge in [0.05, 0.1) is 21.6 Å². The van der Waals surface area contributed by atoms with E-state index in [0.29, 0.717) is 5.56 Å². The number of nitriles is 1. The highest BCUT2D eigenvalue weighted by molar-refractivity contribution is 7.90. The van der Waals surface area contributed by atoms with Crippen molar-refractivity contribution in [2.45, 2.75) is 17.6 Å². The molecule has 6 nitrogen and oxygen atoms in total. The van der Waals surface area contributed by atoms with E-state index in [1.807, 2.05) is 6.07 Å². The van der Waals surface area contributed by atoms with Crippen molar-refractivity contribution in [3.8, 4) is 6.07 Å². The summed E-state index contributed by atoms with van der Waals surface area (Å²) < 4.78 is 29.0. The van der Waals surface area contributed by atoms with Gasteiger partial charge in [-0.15, -0.1) is 0 Å². The van der Waals surface area contributed by atoms with Crippen molar-refractivity contribution < 1.29 is 12.9 Å². The molecule has 0 atom stereocenters. The molecule has 1 heterocycles. The van der Waals surface area contributed by atoms with Crippen molar-refractivity contribution in [2.75, 3.05) is 0 Å². The third-order valence-electron chi connectivity index (χ3n) is 2.28. The van der Waals surface area contributed by atoms with Gasteiger partial charge in [0, 0.05) is 6.92 Å². The number of sulfone groups is 1. The third-order valence-corrected chi connectivity index (χ3v) is 4.37. The van der Waals surface area contributed by atoms with Crippen LogP contribution in [0.4, 0.5) is 0 Å². The predicted octanol–water partition coefficient (Wildman–Crippen LogP) is 1.88. The Balaban J connectivity index is 2.37. The molecule has 0 saturated heterocycles. The van der Waals surface area contributed by atoms with Crippen molar-refractivity contribution in [1.82, 2.24) is 10.1 Å². The van der Waals surface area contributed by atoms with Gasteiger partial charge in [-0.25, -0.2) is 8.42 Å². The average Bonchev–Trinajstić information content (AvgIpc) is 2.73. The van der Waals surface area contributed by atoms with E-state index in [9.17, 15) is 8.42 Å². The molecule has 0 bridgehead atoms. The fourth-order valence-corrected chi connectivity index (χ4v) is 3.25. The SMILES string of the molecule is Cc1nc(CS(=O)(=O)c2ccc(C#N)cc2Cl)no1. The van der Waals surface area contributed by atoms with Gasteiger partial charge in [0.2, 0.25) is 5.89 Å². The number of aryl methyl sites for hydroxylation is 1. The number of hydrogen-bond acceptors (Lipinski definition) is 6. The maximum absolute atomic E-state index is 12.1. The molecule has 98 valence electrons. The number of aromatic nitrogens is 2. The molecule has 0 unspecified atom stereocenters. The second-order valence-electron chi connectivity index (χ2n) is 3.75. The molecule has 2 rings (SSSR count). The summed E-state index contributed by atoms with van der Waals surface area (Å²) in [6.07, 6.45) is 0. The van der Waals surface area contributed by atoms with Crippen LogP contribution in [0.2, 0.25) is 5.02 Å². The van der Waals surface area contributed by atoms with E-state index in [4.69, 9.17) is 21.4 Å². The number of nitrogens with zero attached hydrogens (tertiary/aromatic N) is 3. The predicted molar refractivity (Wildman–Crippen MR) is 66.1 cm³/mol. The lowest BCUT2D eigenvalue weighted by Crippen LogP contribution is -2.07. The largest absolute Gasteiger partial charge is 0.340 e. The van der Waals surface area contributed by atoms with E-state index in [2.05, 4.69) is 10.1 Å². The first-order chi connectivity index (χ1) is 8.92. The van der Waals surface area contributed by atoms with Crippen LogP contribution in [0.3, 0.4) is 0 Å². The molecule has 8 heteroatoms. The summed E-state index contributed by atoms with van der Waals surface area (Å²) in [6.45, 7) is 1.57. The van der Waals surface area contributed by atoms with Crippen molar-refractivity contribution in [3.63, 3.8) is 0 Å². The molecular formula is C11H8ClN3O3S. The number of benzene rings is 1. The Bertz CT molecular complexity index is 762. The van der Waals surface area contributed by atoms with Gasteiger partial charge in [-0.1, -0.05) is 16.8 Å². The van der Waals surface area contributed by atoms with Crippen LogP contribution in [-0.2, 0) is 15.6 Å². The minimum Gasteiger partial charge on any atom is -0.340 e. The zero-order valence-corrected chi connectivity index (χ0v) is 11.4. The fraction of sp³-hybridized carbons (Fsp3) is 0.182. The molecule has 0 aliphatic rings. The van der Waals surface area contributed by atoms with Crippen LogP contribution >= 0.6 is 11.6 Å². The molecule has 0 N–H and O–H groups in total. The second-order valence-corrected chi connectivity index (χ2v) is 6.11. The standard InChI is InChI=1S/C11H8ClN3O3S/c1-7-14-11(15-18-7)6-19(16,17)10-3-2-8(5-13)4-9(10)12/h2-4H,6H2,1H3. The molecule has 0 spiro atoms. The molecular weight excluding hydrogens is 290 g/mol. The van der Waals surface area contributed by atoms with Gasteiger partial charge in [-0.05, 0) is 18.2 Å². The van der Waals surface area contributed by atoms with Crippen LogP contribution in [0.1, 0.15) is 17.3 Å². The van der Waals surface area contributed by atoms with E-state index in [1.165, 1.54) is 18.2 Å². The molecule has 0 amide bonds. The molecule has 0 saturated carbocycles. The lowest BCUT2D eigenvalue weighted by atomic mass is 10.2. The fourth-order valence-electron chi connectivity index (χ4n) is 1.47. The molecule has 1 aromatic heterocycles. The topological polar surface area (TPSA) is 96.8 Å². The van der Waals surface area contributed by atoms with E-state index in [0.717, 1.165) is 0 Å². The Morgan fingerprint density at radius 2 is 2.21 bits per heavy atom. The first kappa shape index (κ1) is 13.5. The normalized spacial score (nSPS) is 11.2. The molecule has 2 aromatic rings. The van der Waals surface area contributed by atoms with Gasteiger partial charge >= 0.3 is 0 Å². The zero-order chi connectivity index (χ0) is 14.0. The summed E-state index contributed by atoms with van der Waals surface area (Å²) in [7, 11) is -3.68. The van der Waals surface area contributed by atoms with Crippen LogP contribution < -0.4 is 0 Å². The summed E-state index contributed by atoms with van der Waals surface area (Å²) in [5.41, 5.74) is 0.291. The van der Waals surface area contributed by atoms with Crippen molar-refractivity contribution in [3.05, 3.63) is 40.5 Å². The maximum Gasteiger partial charge on any atom is 0.223 e. The van der Waals surface area contributed by atoms with E-state index >= 15 is 0 Å². The van der Waals surface area contributed by atoms with Gasteiger partial charge in [0.1, 0.15) is 5.75 Å². The Kier molecular flexibility index (Phi) is 3.55.